The highest BCUT2D eigenvalue weighted by molar-refractivity contribution is 5.93. The van der Waals surface area contributed by atoms with Gasteiger partial charge in [-0.1, -0.05) is 79.6 Å². The van der Waals surface area contributed by atoms with Crippen LogP contribution in [-0.2, 0) is 32.2 Å². The summed E-state index contributed by atoms with van der Waals surface area (Å²) in [7, 11) is 0. The van der Waals surface area contributed by atoms with E-state index in [4.69, 9.17) is 15.2 Å². The number of aliphatic hydroxyl groups is 1. The molecule has 3 atom stereocenters. The standard InChI is InChI=1S/C39H50N4O5/c1-2-23-43(32-9-3-4-10-32)26-33-24-36(30-19-17-29(27-44)18-20-30)48-39(47-33)31-21-15-28(16-22-31)25-41-37(45)13-7-8-14-38(46)42-35-12-6-5-11-34(35)40/h2,5-6,11-12,15-22,32-33,36,39,44H,1,3-4,7-10,13-14,23-27,40H2,(H,41,45)(H,42,46)/t33-,36+,39+/m0/s1. The number of nitrogens with zero attached hydrogens (tertiary/aromatic N) is 1. The molecular formula is C39H50N4O5. The van der Waals surface area contributed by atoms with Gasteiger partial charge in [0, 0.05) is 50.5 Å². The van der Waals surface area contributed by atoms with Crippen LogP contribution in [0.5, 0.6) is 0 Å². The predicted molar refractivity (Wildman–Crippen MR) is 189 cm³/mol. The molecule has 0 unspecified atom stereocenters. The van der Waals surface area contributed by atoms with Crippen LogP contribution in [0.15, 0.2) is 85.5 Å². The van der Waals surface area contributed by atoms with E-state index in [9.17, 15) is 14.7 Å². The number of unbranched alkanes of at least 4 members (excludes halogenated alkanes) is 1. The Labute approximate surface area is 284 Å². The summed E-state index contributed by atoms with van der Waals surface area (Å²) in [5.41, 5.74) is 10.9. The van der Waals surface area contributed by atoms with Crippen molar-refractivity contribution in [1.29, 1.82) is 0 Å². The van der Waals surface area contributed by atoms with Crippen molar-refractivity contribution in [2.45, 2.75) is 95.5 Å². The summed E-state index contributed by atoms with van der Waals surface area (Å²) in [6.45, 7) is 6.09. The molecular weight excluding hydrogens is 604 g/mol. The van der Waals surface area contributed by atoms with E-state index in [0.717, 1.165) is 41.8 Å². The maximum absolute atomic E-state index is 12.5. The normalized spacial score (nSPS) is 19.7. The lowest BCUT2D eigenvalue weighted by molar-refractivity contribution is -0.253. The van der Waals surface area contributed by atoms with Crippen LogP contribution in [0, 0.1) is 0 Å². The fraction of sp³-hybridized carbons (Fsp3) is 0.436. The highest BCUT2D eigenvalue weighted by Gasteiger charge is 2.34. The molecule has 1 saturated carbocycles. The monoisotopic (exact) mass is 654 g/mol. The van der Waals surface area contributed by atoms with Crippen molar-refractivity contribution in [3.8, 4) is 0 Å². The fourth-order valence-corrected chi connectivity index (χ4v) is 6.58. The van der Waals surface area contributed by atoms with Gasteiger partial charge in [0.1, 0.15) is 0 Å². The zero-order valence-electron chi connectivity index (χ0n) is 27.8. The second kappa shape index (κ2) is 17.9. The number of hydrogen-bond donors (Lipinski definition) is 4. The summed E-state index contributed by atoms with van der Waals surface area (Å²) >= 11 is 0. The van der Waals surface area contributed by atoms with E-state index in [1.165, 1.54) is 25.7 Å². The highest BCUT2D eigenvalue weighted by Crippen LogP contribution is 2.39. The second-order valence-electron chi connectivity index (χ2n) is 12.9. The molecule has 9 heteroatoms. The van der Waals surface area contributed by atoms with E-state index in [-0.39, 0.29) is 30.6 Å². The molecule has 0 bridgehead atoms. The Morgan fingerprint density at radius 2 is 1.56 bits per heavy atom. The van der Waals surface area contributed by atoms with Gasteiger partial charge in [-0.15, -0.1) is 6.58 Å². The van der Waals surface area contributed by atoms with Crippen molar-refractivity contribution in [3.63, 3.8) is 0 Å². The van der Waals surface area contributed by atoms with E-state index >= 15 is 0 Å². The first-order valence-electron chi connectivity index (χ1n) is 17.3. The summed E-state index contributed by atoms with van der Waals surface area (Å²) in [4.78, 5) is 27.2. The molecule has 0 aromatic heterocycles. The van der Waals surface area contributed by atoms with Crippen molar-refractivity contribution in [2.75, 3.05) is 24.1 Å². The van der Waals surface area contributed by atoms with Gasteiger partial charge in [0.15, 0.2) is 6.29 Å². The molecule has 1 aliphatic heterocycles. The maximum Gasteiger partial charge on any atom is 0.224 e. The number of nitrogens with one attached hydrogen (secondary N) is 2. The molecule has 3 aromatic rings. The van der Waals surface area contributed by atoms with Crippen LogP contribution in [0.3, 0.4) is 0 Å². The van der Waals surface area contributed by atoms with Gasteiger partial charge < -0.3 is 30.9 Å². The van der Waals surface area contributed by atoms with Crippen LogP contribution in [0.4, 0.5) is 11.4 Å². The number of rotatable bonds is 16. The Morgan fingerprint density at radius 3 is 2.25 bits per heavy atom. The van der Waals surface area contributed by atoms with E-state index < -0.39 is 6.29 Å². The minimum atomic E-state index is -0.528. The van der Waals surface area contributed by atoms with E-state index in [1.54, 1.807) is 12.1 Å². The van der Waals surface area contributed by atoms with Gasteiger partial charge in [-0.05, 0) is 54.5 Å². The molecule has 1 saturated heterocycles. The third kappa shape index (κ3) is 10.2. The molecule has 48 heavy (non-hydrogen) atoms. The predicted octanol–water partition coefficient (Wildman–Crippen LogP) is 6.55. The van der Waals surface area contributed by atoms with Gasteiger partial charge in [-0.3, -0.25) is 14.5 Å². The quantitative estimate of drug-likeness (QED) is 0.0784. The molecule has 2 aliphatic rings. The van der Waals surface area contributed by atoms with E-state index in [2.05, 4.69) is 22.1 Å². The van der Waals surface area contributed by atoms with Gasteiger partial charge in [-0.25, -0.2) is 0 Å². The molecule has 5 N–H and O–H groups in total. The van der Waals surface area contributed by atoms with Crippen molar-refractivity contribution in [2.24, 2.45) is 0 Å². The van der Waals surface area contributed by atoms with Crippen LogP contribution < -0.4 is 16.4 Å². The second-order valence-corrected chi connectivity index (χ2v) is 12.9. The Balaban J connectivity index is 1.13. The third-order valence-corrected chi connectivity index (χ3v) is 9.29. The van der Waals surface area contributed by atoms with Crippen molar-refractivity contribution < 1.29 is 24.2 Å². The van der Waals surface area contributed by atoms with Crippen molar-refractivity contribution in [3.05, 3.63) is 108 Å². The third-order valence-electron chi connectivity index (χ3n) is 9.29. The lowest BCUT2D eigenvalue weighted by atomic mass is 9.99. The first-order chi connectivity index (χ1) is 23.4. The minimum absolute atomic E-state index is 0.00897. The lowest BCUT2D eigenvalue weighted by Gasteiger charge is -2.39. The molecule has 0 radical (unpaired) electrons. The first-order valence-corrected chi connectivity index (χ1v) is 17.3. The Kier molecular flexibility index (Phi) is 13.2. The number of amides is 2. The number of nitrogens with two attached hydrogens (primary N) is 1. The molecule has 2 fully saturated rings. The molecule has 3 aromatic carbocycles. The molecule has 0 spiro atoms. The van der Waals surface area contributed by atoms with Gasteiger partial charge in [0.2, 0.25) is 11.8 Å². The number of aliphatic hydroxyl groups excluding tert-OH is 1. The topological polar surface area (TPSA) is 126 Å². The van der Waals surface area contributed by atoms with Gasteiger partial charge in [0.25, 0.3) is 0 Å². The fourth-order valence-electron chi connectivity index (χ4n) is 6.58. The number of benzene rings is 3. The number of carbonyl (C=O) groups excluding carboxylic acids is 2. The number of hydrogen-bond acceptors (Lipinski definition) is 7. The van der Waals surface area contributed by atoms with Crippen LogP contribution in [0.25, 0.3) is 0 Å². The van der Waals surface area contributed by atoms with Gasteiger partial charge in [0.05, 0.1) is 30.2 Å². The molecule has 5 rings (SSSR count). The average Bonchev–Trinajstić information content (AvgIpc) is 3.66. The summed E-state index contributed by atoms with van der Waals surface area (Å²) < 4.78 is 13.2. The van der Waals surface area contributed by atoms with Gasteiger partial charge >= 0.3 is 0 Å². The molecule has 2 amide bonds. The Hall–Kier alpha value is -4.02. The maximum atomic E-state index is 12.5. The number of anilines is 2. The largest absolute Gasteiger partial charge is 0.397 e. The summed E-state index contributed by atoms with van der Waals surface area (Å²) in [6, 6.07) is 23.7. The smallest absolute Gasteiger partial charge is 0.224 e. The Morgan fingerprint density at radius 1 is 0.896 bits per heavy atom. The van der Waals surface area contributed by atoms with Crippen LogP contribution in [0.2, 0.25) is 0 Å². The Bertz CT molecular complexity index is 1470. The zero-order chi connectivity index (χ0) is 33.7. The number of ether oxygens (including phenoxy) is 2. The number of nitrogen functional groups attached to an aromatic ring is 1. The van der Waals surface area contributed by atoms with Crippen LogP contribution in [-0.4, -0.2) is 47.1 Å². The lowest BCUT2D eigenvalue weighted by Crippen LogP contribution is -2.43. The molecule has 9 nitrogen and oxygen atoms in total. The van der Waals surface area contributed by atoms with Crippen LogP contribution in [0.1, 0.15) is 92.4 Å². The highest BCUT2D eigenvalue weighted by atomic mass is 16.7. The molecule has 1 heterocycles. The summed E-state index contributed by atoms with van der Waals surface area (Å²) in [5, 5.41) is 15.3. The summed E-state index contributed by atoms with van der Waals surface area (Å²) in [6.07, 6.45) is 8.93. The van der Waals surface area contributed by atoms with Crippen molar-refractivity contribution in [1.82, 2.24) is 10.2 Å². The molecule has 1 aliphatic carbocycles. The zero-order valence-corrected chi connectivity index (χ0v) is 27.8. The SMILES string of the molecule is C=CCN(C[C@@H]1C[C@H](c2ccc(CO)cc2)O[C@H](c2ccc(CNC(=O)CCCCC(=O)Nc3ccccc3N)cc2)O1)C1CCCC1. The number of carbonyl (C=O) groups is 2. The average molecular weight is 655 g/mol. The van der Waals surface area contributed by atoms with E-state index in [0.29, 0.717) is 49.6 Å². The molecule has 256 valence electrons. The van der Waals surface area contributed by atoms with Gasteiger partial charge in [-0.2, -0.15) is 0 Å². The van der Waals surface area contributed by atoms with Crippen molar-refractivity contribution >= 4 is 23.2 Å². The number of para-hydroxylation sites is 2. The minimum Gasteiger partial charge on any atom is -0.397 e. The summed E-state index contributed by atoms with van der Waals surface area (Å²) in [5.74, 6) is -0.158. The first kappa shape index (κ1) is 35.3. The van der Waals surface area contributed by atoms with E-state index in [1.807, 2.05) is 66.7 Å². The van der Waals surface area contributed by atoms with Crippen LogP contribution >= 0.6 is 0 Å².